The summed E-state index contributed by atoms with van der Waals surface area (Å²) in [5.41, 5.74) is 1.32. The lowest BCUT2D eigenvalue weighted by Gasteiger charge is -2.14. The maximum Gasteiger partial charge on any atom is 0.133 e. The number of halogens is 1. The molecule has 0 aliphatic carbocycles. The van der Waals surface area contributed by atoms with Crippen LogP contribution in [0.5, 0.6) is 5.75 Å². The minimum atomic E-state index is 0.547. The standard InChI is InChI=1S/C12H18BrNO/c1-4-10(14-2)7-9-5-6-12(15-3)11(13)8-9/h5-6,8,10,14H,4,7H2,1-3H3. The Bertz CT molecular complexity index is 310. The fourth-order valence-corrected chi connectivity index (χ4v) is 2.16. The van der Waals surface area contributed by atoms with Crippen molar-refractivity contribution in [2.24, 2.45) is 0 Å². The normalized spacial score (nSPS) is 12.5. The van der Waals surface area contributed by atoms with Gasteiger partial charge in [0.2, 0.25) is 0 Å². The van der Waals surface area contributed by atoms with Crippen LogP contribution in [0.2, 0.25) is 0 Å². The lowest BCUT2D eigenvalue weighted by molar-refractivity contribution is 0.412. The van der Waals surface area contributed by atoms with Crippen molar-refractivity contribution >= 4 is 15.9 Å². The molecular formula is C12H18BrNO. The summed E-state index contributed by atoms with van der Waals surface area (Å²) >= 11 is 3.50. The number of benzene rings is 1. The predicted molar refractivity (Wildman–Crippen MR) is 67.5 cm³/mol. The average molecular weight is 272 g/mol. The molecular weight excluding hydrogens is 254 g/mol. The molecule has 0 spiro atoms. The zero-order valence-electron chi connectivity index (χ0n) is 9.51. The van der Waals surface area contributed by atoms with Crippen molar-refractivity contribution in [2.75, 3.05) is 14.2 Å². The molecule has 1 aromatic carbocycles. The highest BCUT2D eigenvalue weighted by atomic mass is 79.9. The van der Waals surface area contributed by atoms with E-state index >= 15 is 0 Å². The van der Waals surface area contributed by atoms with E-state index in [4.69, 9.17) is 4.74 Å². The zero-order valence-corrected chi connectivity index (χ0v) is 11.1. The maximum absolute atomic E-state index is 5.20. The topological polar surface area (TPSA) is 21.3 Å². The smallest absolute Gasteiger partial charge is 0.133 e. The summed E-state index contributed by atoms with van der Waals surface area (Å²) in [6.45, 7) is 2.19. The van der Waals surface area contributed by atoms with Crippen molar-refractivity contribution in [2.45, 2.75) is 25.8 Å². The van der Waals surface area contributed by atoms with Gasteiger partial charge in [-0.15, -0.1) is 0 Å². The van der Waals surface area contributed by atoms with Crippen LogP contribution >= 0.6 is 15.9 Å². The Balaban J connectivity index is 2.74. The second kappa shape index (κ2) is 6.13. The van der Waals surface area contributed by atoms with Crippen LogP contribution in [0, 0.1) is 0 Å². The number of hydrogen-bond donors (Lipinski definition) is 1. The Morgan fingerprint density at radius 1 is 1.47 bits per heavy atom. The van der Waals surface area contributed by atoms with E-state index in [1.165, 1.54) is 5.56 Å². The molecule has 0 saturated carbocycles. The molecule has 0 bridgehead atoms. The molecule has 0 aliphatic heterocycles. The van der Waals surface area contributed by atoms with Gasteiger partial charge in [0.15, 0.2) is 0 Å². The molecule has 1 aromatic rings. The molecule has 0 radical (unpaired) electrons. The van der Waals surface area contributed by atoms with E-state index in [-0.39, 0.29) is 0 Å². The average Bonchev–Trinajstić information content (AvgIpc) is 2.26. The minimum Gasteiger partial charge on any atom is -0.496 e. The quantitative estimate of drug-likeness (QED) is 0.889. The van der Waals surface area contributed by atoms with Gasteiger partial charge in [-0.1, -0.05) is 13.0 Å². The van der Waals surface area contributed by atoms with Crippen molar-refractivity contribution in [1.29, 1.82) is 0 Å². The second-order valence-electron chi connectivity index (χ2n) is 3.57. The molecule has 0 aromatic heterocycles. The summed E-state index contributed by atoms with van der Waals surface area (Å²) in [6.07, 6.45) is 2.19. The van der Waals surface area contributed by atoms with Crippen LogP contribution in [-0.4, -0.2) is 20.2 Å². The first-order valence-electron chi connectivity index (χ1n) is 5.21. The van der Waals surface area contributed by atoms with Crippen LogP contribution in [0.25, 0.3) is 0 Å². The zero-order chi connectivity index (χ0) is 11.3. The molecule has 3 heteroatoms. The maximum atomic E-state index is 5.20. The first-order valence-corrected chi connectivity index (χ1v) is 6.00. The van der Waals surface area contributed by atoms with Crippen LogP contribution < -0.4 is 10.1 Å². The van der Waals surface area contributed by atoms with Gasteiger partial charge in [-0.05, 0) is 53.5 Å². The third kappa shape index (κ3) is 3.50. The molecule has 0 amide bonds. The van der Waals surface area contributed by atoms with Gasteiger partial charge in [0.1, 0.15) is 5.75 Å². The Morgan fingerprint density at radius 3 is 2.67 bits per heavy atom. The number of likely N-dealkylation sites (N-methyl/N-ethyl adjacent to an activating group) is 1. The van der Waals surface area contributed by atoms with Crippen molar-refractivity contribution in [3.63, 3.8) is 0 Å². The highest BCUT2D eigenvalue weighted by Gasteiger charge is 2.06. The van der Waals surface area contributed by atoms with Crippen LogP contribution in [0.4, 0.5) is 0 Å². The van der Waals surface area contributed by atoms with Gasteiger partial charge < -0.3 is 10.1 Å². The summed E-state index contributed by atoms with van der Waals surface area (Å²) in [7, 11) is 3.69. The molecule has 15 heavy (non-hydrogen) atoms. The number of methoxy groups -OCH3 is 1. The van der Waals surface area contributed by atoms with E-state index in [0.29, 0.717) is 6.04 Å². The van der Waals surface area contributed by atoms with Gasteiger partial charge in [0.05, 0.1) is 11.6 Å². The van der Waals surface area contributed by atoms with E-state index < -0.39 is 0 Å². The number of ether oxygens (including phenoxy) is 1. The van der Waals surface area contributed by atoms with Gasteiger partial charge in [-0.3, -0.25) is 0 Å². The van der Waals surface area contributed by atoms with E-state index in [0.717, 1.165) is 23.1 Å². The van der Waals surface area contributed by atoms with E-state index in [1.807, 2.05) is 13.1 Å². The van der Waals surface area contributed by atoms with Gasteiger partial charge in [-0.2, -0.15) is 0 Å². The molecule has 0 heterocycles. The Hall–Kier alpha value is -0.540. The van der Waals surface area contributed by atoms with Crippen LogP contribution in [0.15, 0.2) is 22.7 Å². The number of nitrogens with one attached hydrogen (secondary N) is 1. The summed E-state index contributed by atoms with van der Waals surface area (Å²) < 4.78 is 6.22. The van der Waals surface area contributed by atoms with Crippen LogP contribution in [0.1, 0.15) is 18.9 Å². The van der Waals surface area contributed by atoms with E-state index in [9.17, 15) is 0 Å². The Kier molecular flexibility index (Phi) is 5.12. The monoisotopic (exact) mass is 271 g/mol. The summed E-state index contributed by atoms with van der Waals surface area (Å²) in [6, 6.07) is 6.79. The van der Waals surface area contributed by atoms with Crippen LogP contribution in [-0.2, 0) is 6.42 Å². The number of rotatable bonds is 5. The molecule has 1 atom stereocenters. The fraction of sp³-hybridized carbons (Fsp3) is 0.500. The largest absolute Gasteiger partial charge is 0.496 e. The third-order valence-corrected chi connectivity index (χ3v) is 3.22. The summed E-state index contributed by atoms with van der Waals surface area (Å²) in [4.78, 5) is 0. The first-order chi connectivity index (χ1) is 7.21. The lowest BCUT2D eigenvalue weighted by Crippen LogP contribution is -2.26. The predicted octanol–water partition coefficient (Wildman–Crippen LogP) is 3.00. The molecule has 1 unspecified atom stereocenters. The SMILES string of the molecule is CCC(Cc1ccc(OC)c(Br)c1)NC. The van der Waals surface area contributed by atoms with Gasteiger partial charge in [-0.25, -0.2) is 0 Å². The third-order valence-electron chi connectivity index (χ3n) is 2.60. The molecule has 0 saturated heterocycles. The second-order valence-corrected chi connectivity index (χ2v) is 4.42. The fourth-order valence-electron chi connectivity index (χ4n) is 1.57. The number of hydrogen-bond acceptors (Lipinski definition) is 2. The molecule has 2 nitrogen and oxygen atoms in total. The van der Waals surface area contributed by atoms with Crippen molar-refractivity contribution in [3.8, 4) is 5.75 Å². The van der Waals surface area contributed by atoms with Crippen molar-refractivity contribution in [1.82, 2.24) is 5.32 Å². The van der Waals surface area contributed by atoms with Gasteiger partial charge in [0.25, 0.3) is 0 Å². The first kappa shape index (κ1) is 12.5. The van der Waals surface area contributed by atoms with Crippen LogP contribution in [0.3, 0.4) is 0 Å². The minimum absolute atomic E-state index is 0.547. The van der Waals surface area contributed by atoms with Crippen molar-refractivity contribution < 1.29 is 4.74 Å². The molecule has 1 rings (SSSR count). The Labute approximate surface area is 100 Å². The molecule has 0 aliphatic rings. The molecule has 84 valence electrons. The Morgan fingerprint density at radius 2 is 2.20 bits per heavy atom. The van der Waals surface area contributed by atoms with Crippen molar-refractivity contribution in [3.05, 3.63) is 28.2 Å². The highest BCUT2D eigenvalue weighted by Crippen LogP contribution is 2.26. The molecule has 1 N–H and O–H groups in total. The highest BCUT2D eigenvalue weighted by molar-refractivity contribution is 9.10. The lowest BCUT2D eigenvalue weighted by atomic mass is 10.0. The summed E-state index contributed by atoms with van der Waals surface area (Å²) in [5, 5.41) is 3.30. The van der Waals surface area contributed by atoms with Gasteiger partial charge in [0, 0.05) is 6.04 Å². The van der Waals surface area contributed by atoms with E-state index in [2.05, 4.69) is 40.3 Å². The summed E-state index contributed by atoms with van der Waals surface area (Å²) in [5.74, 6) is 0.885. The van der Waals surface area contributed by atoms with E-state index in [1.54, 1.807) is 7.11 Å². The van der Waals surface area contributed by atoms with Gasteiger partial charge >= 0.3 is 0 Å². The molecule has 0 fully saturated rings.